The molecule has 6 nitrogen and oxygen atoms in total. The summed E-state index contributed by atoms with van der Waals surface area (Å²) in [5, 5.41) is 6.72. The lowest BCUT2D eigenvalue weighted by molar-refractivity contribution is -0.128. The van der Waals surface area contributed by atoms with Gasteiger partial charge in [-0.15, -0.1) is 0 Å². The molecule has 27 heavy (non-hydrogen) atoms. The van der Waals surface area contributed by atoms with E-state index in [1.54, 1.807) is 0 Å². The Kier molecular flexibility index (Phi) is 5.89. The van der Waals surface area contributed by atoms with Gasteiger partial charge in [-0.1, -0.05) is 69.2 Å². The Bertz CT molecular complexity index is 733. The molecule has 1 saturated heterocycles. The number of carbonyl (C=O) groups is 1. The summed E-state index contributed by atoms with van der Waals surface area (Å²) in [5.74, 6) is 0.232. The summed E-state index contributed by atoms with van der Waals surface area (Å²) < 4.78 is 9.40. The van der Waals surface area contributed by atoms with Gasteiger partial charge in [0, 0.05) is 11.0 Å². The number of carbonyl (C=O) groups excluding carboxylic acids is 1. The molecular formula is C21H38N2O4. The zero-order valence-corrected chi connectivity index (χ0v) is 19.2. The average molecular weight is 383 g/mol. The van der Waals surface area contributed by atoms with Crippen molar-refractivity contribution in [3.05, 3.63) is 16.5 Å². The van der Waals surface area contributed by atoms with Crippen LogP contribution < -0.4 is 11.1 Å². The maximum absolute atomic E-state index is 11.6. The molecule has 0 radical (unpaired) electrons. The molecule has 1 aliphatic heterocycles. The minimum absolute atomic E-state index is 0.00289. The van der Waals surface area contributed by atoms with Gasteiger partial charge in [-0.25, -0.2) is 4.79 Å². The van der Waals surface area contributed by atoms with Crippen LogP contribution in [0.3, 0.4) is 0 Å². The first-order valence-electron chi connectivity index (χ1n) is 9.62. The summed E-state index contributed by atoms with van der Waals surface area (Å²) in [4.78, 5) is 22.5. The minimum Gasteiger partial charge on any atom is -0.374 e. The summed E-state index contributed by atoms with van der Waals surface area (Å²) in [6.07, 6.45) is 0. The molecule has 0 spiro atoms. The molecule has 1 fully saturated rings. The number of aromatic nitrogens is 1. The second kappa shape index (κ2) is 6.78. The Hall–Kier alpha value is -1.59. The molecule has 0 atom stereocenters. The van der Waals surface area contributed by atoms with Gasteiger partial charge >= 0.3 is 5.82 Å². The van der Waals surface area contributed by atoms with Crippen molar-refractivity contribution < 1.29 is 13.7 Å². The smallest absolute Gasteiger partial charge is 0.374 e. The fourth-order valence-corrected chi connectivity index (χ4v) is 3.10. The number of hydrogen-bond acceptors (Lipinski definition) is 5. The van der Waals surface area contributed by atoms with Gasteiger partial charge in [0.05, 0.1) is 10.8 Å². The lowest BCUT2D eigenvalue weighted by Gasteiger charge is -2.41. The topological polar surface area (TPSA) is 85.3 Å². The molecule has 2 heterocycles. The molecule has 0 bridgehead atoms. The van der Waals surface area contributed by atoms with E-state index in [1.807, 2.05) is 27.7 Å². The molecule has 0 aliphatic carbocycles. The number of amides is 1. The molecule has 6 heteroatoms. The van der Waals surface area contributed by atoms with E-state index < -0.39 is 5.82 Å². The molecule has 1 aromatic heterocycles. The molecule has 1 aromatic rings. The first-order valence-corrected chi connectivity index (χ1v) is 9.62. The van der Waals surface area contributed by atoms with E-state index in [-0.39, 0.29) is 33.1 Å². The van der Waals surface area contributed by atoms with Gasteiger partial charge in [0.2, 0.25) is 11.8 Å². The summed E-state index contributed by atoms with van der Waals surface area (Å²) >= 11 is 0. The first-order chi connectivity index (χ1) is 11.8. The molecule has 2 rings (SSSR count). The van der Waals surface area contributed by atoms with Gasteiger partial charge in [0.1, 0.15) is 0 Å². The molecule has 1 amide bonds. The van der Waals surface area contributed by atoms with Crippen LogP contribution >= 0.6 is 0 Å². The van der Waals surface area contributed by atoms with E-state index >= 15 is 0 Å². The molecule has 1 N–H and O–H groups in total. The van der Waals surface area contributed by atoms with Crippen LogP contribution in [0, 0.1) is 22.2 Å². The predicted octanol–water partition coefficient (Wildman–Crippen LogP) is 4.53. The highest BCUT2D eigenvalue weighted by Gasteiger charge is 2.58. The van der Waals surface area contributed by atoms with E-state index in [1.165, 1.54) is 0 Å². The maximum atomic E-state index is 11.6. The van der Waals surface area contributed by atoms with Crippen molar-refractivity contribution in [3.8, 4) is 0 Å². The van der Waals surface area contributed by atoms with Gasteiger partial charge in [-0.3, -0.25) is 9.32 Å². The standard InChI is InChI=1S/C11H19NO3.C10H19NO/c1-7(2)10(3,4)11(5,6)8-12-15-9(13)14-8;1-8(2)7(12)11-10(5,6)9(8,3)4/h7H,1-6H3;1-6H3,(H,11,12). The van der Waals surface area contributed by atoms with Crippen LogP contribution in [0.25, 0.3) is 0 Å². The van der Waals surface area contributed by atoms with E-state index in [2.05, 4.69) is 70.4 Å². The highest BCUT2D eigenvalue weighted by molar-refractivity contribution is 5.86. The third-order valence-electron chi connectivity index (χ3n) is 8.09. The Morgan fingerprint density at radius 2 is 1.44 bits per heavy atom. The van der Waals surface area contributed by atoms with Crippen LogP contribution in [-0.2, 0) is 10.2 Å². The molecular weight excluding hydrogens is 344 g/mol. The minimum atomic E-state index is -0.738. The van der Waals surface area contributed by atoms with E-state index in [0.29, 0.717) is 11.8 Å². The summed E-state index contributed by atoms with van der Waals surface area (Å²) in [6.45, 7) is 25.0. The second-order valence-corrected chi connectivity index (χ2v) is 10.7. The van der Waals surface area contributed by atoms with Gasteiger partial charge in [-0.2, -0.15) is 0 Å². The quantitative estimate of drug-likeness (QED) is 0.830. The lowest BCUT2D eigenvalue weighted by atomic mass is 9.62. The van der Waals surface area contributed by atoms with Crippen LogP contribution in [-0.4, -0.2) is 16.6 Å². The zero-order valence-electron chi connectivity index (χ0n) is 19.2. The number of hydrogen-bond donors (Lipinski definition) is 1. The Labute approximate surface area is 163 Å². The highest BCUT2D eigenvalue weighted by atomic mass is 16.6. The Balaban J connectivity index is 0.000000277. The summed E-state index contributed by atoms with van der Waals surface area (Å²) in [6, 6.07) is 0. The van der Waals surface area contributed by atoms with E-state index in [4.69, 9.17) is 4.42 Å². The zero-order chi connectivity index (χ0) is 21.6. The maximum Gasteiger partial charge on any atom is 0.542 e. The first kappa shape index (κ1) is 23.4. The average Bonchev–Trinajstić information content (AvgIpc) is 2.97. The number of rotatable bonds is 3. The fourth-order valence-electron chi connectivity index (χ4n) is 3.10. The third-order valence-corrected chi connectivity index (χ3v) is 8.09. The van der Waals surface area contributed by atoms with Gasteiger partial charge in [0.25, 0.3) is 0 Å². The van der Waals surface area contributed by atoms with Gasteiger partial charge in [-0.05, 0) is 30.3 Å². The molecule has 0 unspecified atom stereocenters. The summed E-state index contributed by atoms with van der Waals surface area (Å²) in [5.41, 5.74) is -0.756. The van der Waals surface area contributed by atoms with Crippen molar-refractivity contribution in [2.45, 2.75) is 94.0 Å². The molecule has 1 aliphatic rings. The van der Waals surface area contributed by atoms with Gasteiger partial charge < -0.3 is 9.73 Å². The Morgan fingerprint density at radius 3 is 1.67 bits per heavy atom. The van der Waals surface area contributed by atoms with E-state index in [9.17, 15) is 9.59 Å². The predicted molar refractivity (Wildman–Crippen MR) is 106 cm³/mol. The second-order valence-electron chi connectivity index (χ2n) is 10.7. The normalized spacial score (nSPS) is 20.9. The van der Waals surface area contributed by atoms with Gasteiger partial charge in [0.15, 0.2) is 0 Å². The van der Waals surface area contributed by atoms with Crippen molar-refractivity contribution in [3.63, 3.8) is 0 Å². The lowest BCUT2D eigenvalue weighted by Crippen LogP contribution is -2.46. The summed E-state index contributed by atoms with van der Waals surface area (Å²) in [7, 11) is 0. The van der Waals surface area contributed by atoms with E-state index in [0.717, 1.165) is 0 Å². The highest BCUT2D eigenvalue weighted by Crippen LogP contribution is 2.51. The monoisotopic (exact) mass is 382 g/mol. The van der Waals surface area contributed by atoms with Crippen molar-refractivity contribution in [1.82, 2.24) is 10.5 Å². The van der Waals surface area contributed by atoms with Crippen LogP contribution in [0.1, 0.15) is 89.0 Å². The molecule has 0 aromatic carbocycles. The number of nitrogens with zero attached hydrogens (tertiary/aromatic N) is 1. The van der Waals surface area contributed by atoms with Crippen LogP contribution in [0.5, 0.6) is 0 Å². The van der Waals surface area contributed by atoms with Crippen molar-refractivity contribution in [2.24, 2.45) is 22.2 Å². The van der Waals surface area contributed by atoms with Crippen molar-refractivity contribution >= 4 is 5.91 Å². The van der Waals surface area contributed by atoms with Crippen molar-refractivity contribution in [1.29, 1.82) is 0 Å². The SMILES string of the molecule is CC(C)C(C)(C)C(C)(C)c1noc(=O)o1.CC1(C)NC(=O)C(C)(C)C1(C)C. The van der Waals surface area contributed by atoms with Crippen LogP contribution in [0.2, 0.25) is 0 Å². The number of nitrogens with one attached hydrogen (secondary N) is 1. The van der Waals surface area contributed by atoms with Crippen LogP contribution in [0.4, 0.5) is 0 Å². The molecule has 0 saturated carbocycles. The third kappa shape index (κ3) is 3.72. The fraction of sp³-hybridized carbons (Fsp3) is 0.857. The Morgan fingerprint density at radius 1 is 0.963 bits per heavy atom. The molecule has 156 valence electrons. The van der Waals surface area contributed by atoms with Crippen molar-refractivity contribution in [2.75, 3.05) is 0 Å². The van der Waals surface area contributed by atoms with Crippen LogP contribution in [0.15, 0.2) is 13.7 Å². The largest absolute Gasteiger partial charge is 0.542 e.